The number of nitriles is 1. The first-order chi connectivity index (χ1) is 11.5. The predicted molar refractivity (Wildman–Crippen MR) is 87.2 cm³/mol. The number of esters is 1. The quantitative estimate of drug-likeness (QED) is 0.773. The summed E-state index contributed by atoms with van der Waals surface area (Å²) in [6, 6.07) is 8.65. The number of carbonyl (C=O) groups is 2. The van der Waals surface area contributed by atoms with Gasteiger partial charge in [-0.15, -0.1) is 0 Å². The molecule has 1 fully saturated rings. The van der Waals surface area contributed by atoms with Crippen molar-refractivity contribution in [1.82, 2.24) is 4.90 Å². The van der Waals surface area contributed by atoms with Crippen molar-refractivity contribution in [2.24, 2.45) is 5.92 Å². The van der Waals surface area contributed by atoms with Crippen LogP contribution in [0, 0.1) is 17.2 Å². The van der Waals surface area contributed by atoms with E-state index in [9.17, 15) is 9.59 Å². The standard InChI is InChI=1S/C18H22N2O4/c1-3-23-18(22)15-5-4-10-20(12-15)17(21)13(2)24-16-8-6-14(11-19)7-9-16/h6-9,13,15H,3-5,10,12H2,1-2H3/t13-,15-/m1/s1. The first-order valence-corrected chi connectivity index (χ1v) is 8.17. The van der Waals surface area contributed by atoms with Gasteiger partial charge in [-0.3, -0.25) is 9.59 Å². The molecular weight excluding hydrogens is 308 g/mol. The number of nitrogens with zero attached hydrogens (tertiary/aromatic N) is 2. The SMILES string of the molecule is CCOC(=O)[C@@H]1CCCN(C(=O)[C@@H](C)Oc2ccc(C#N)cc2)C1. The molecule has 1 heterocycles. The third-order valence-corrected chi connectivity index (χ3v) is 4.00. The molecule has 0 N–H and O–H groups in total. The highest BCUT2D eigenvalue weighted by Gasteiger charge is 2.31. The maximum absolute atomic E-state index is 12.5. The van der Waals surface area contributed by atoms with Gasteiger partial charge in [-0.1, -0.05) is 0 Å². The van der Waals surface area contributed by atoms with Gasteiger partial charge in [0.25, 0.3) is 5.91 Å². The number of hydrogen-bond donors (Lipinski definition) is 0. The summed E-state index contributed by atoms with van der Waals surface area (Å²) in [6.07, 6.45) is 0.866. The van der Waals surface area contributed by atoms with Crippen LogP contribution >= 0.6 is 0 Å². The van der Waals surface area contributed by atoms with Gasteiger partial charge in [-0.05, 0) is 51.0 Å². The summed E-state index contributed by atoms with van der Waals surface area (Å²) < 4.78 is 10.7. The maximum Gasteiger partial charge on any atom is 0.310 e. The van der Waals surface area contributed by atoms with Crippen LogP contribution in [0.2, 0.25) is 0 Å². The highest BCUT2D eigenvalue weighted by Crippen LogP contribution is 2.20. The highest BCUT2D eigenvalue weighted by atomic mass is 16.5. The first kappa shape index (κ1) is 17.8. The maximum atomic E-state index is 12.5. The minimum atomic E-state index is -0.654. The fourth-order valence-electron chi connectivity index (χ4n) is 2.75. The molecule has 0 bridgehead atoms. The van der Waals surface area contributed by atoms with Gasteiger partial charge in [0.15, 0.2) is 6.10 Å². The lowest BCUT2D eigenvalue weighted by Crippen LogP contribution is -2.47. The smallest absolute Gasteiger partial charge is 0.310 e. The molecule has 0 radical (unpaired) electrons. The Balaban J connectivity index is 1.94. The molecule has 2 atom stereocenters. The van der Waals surface area contributed by atoms with Crippen LogP contribution in [0.4, 0.5) is 0 Å². The molecule has 1 aromatic rings. The van der Waals surface area contributed by atoms with Gasteiger partial charge >= 0.3 is 5.97 Å². The Bertz CT molecular complexity index is 621. The third kappa shape index (κ3) is 4.48. The fraction of sp³-hybridized carbons (Fsp3) is 0.500. The average molecular weight is 330 g/mol. The van der Waals surface area contributed by atoms with Crippen molar-refractivity contribution < 1.29 is 19.1 Å². The minimum Gasteiger partial charge on any atom is -0.481 e. The Labute approximate surface area is 142 Å². The van der Waals surface area contributed by atoms with E-state index in [-0.39, 0.29) is 17.8 Å². The Morgan fingerprint density at radius 2 is 2.08 bits per heavy atom. The molecule has 1 saturated heterocycles. The zero-order chi connectivity index (χ0) is 17.5. The molecule has 0 spiro atoms. The van der Waals surface area contributed by atoms with Crippen LogP contribution in [0.3, 0.4) is 0 Å². The summed E-state index contributed by atoms with van der Waals surface area (Å²) in [4.78, 5) is 26.1. The van der Waals surface area contributed by atoms with E-state index >= 15 is 0 Å². The molecule has 24 heavy (non-hydrogen) atoms. The molecule has 1 aliphatic heterocycles. The molecule has 1 aromatic carbocycles. The number of rotatable bonds is 5. The Hall–Kier alpha value is -2.55. The van der Waals surface area contributed by atoms with Crippen LogP contribution in [-0.4, -0.2) is 42.6 Å². The van der Waals surface area contributed by atoms with Gasteiger partial charge < -0.3 is 14.4 Å². The van der Waals surface area contributed by atoms with Gasteiger partial charge in [0, 0.05) is 13.1 Å². The lowest BCUT2D eigenvalue weighted by atomic mass is 9.98. The summed E-state index contributed by atoms with van der Waals surface area (Å²) >= 11 is 0. The number of piperidine rings is 1. The van der Waals surface area contributed by atoms with Gasteiger partial charge in [-0.25, -0.2) is 0 Å². The number of amides is 1. The van der Waals surface area contributed by atoms with Gasteiger partial charge in [0.1, 0.15) is 5.75 Å². The van der Waals surface area contributed by atoms with Crippen LogP contribution in [0.25, 0.3) is 0 Å². The zero-order valence-corrected chi connectivity index (χ0v) is 14.0. The van der Waals surface area contributed by atoms with Gasteiger partial charge in [0.2, 0.25) is 0 Å². The first-order valence-electron chi connectivity index (χ1n) is 8.17. The van der Waals surface area contributed by atoms with Gasteiger partial charge in [-0.2, -0.15) is 5.26 Å². The fourth-order valence-corrected chi connectivity index (χ4v) is 2.75. The molecule has 128 valence electrons. The van der Waals surface area contributed by atoms with E-state index < -0.39 is 6.10 Å². The molecule has 2 rings (SSSR count). The van der Waals surface area contributed by atoms with Crippen LogP contribution in [-0.2, 0) is 14.3 Å². The monoisotopic (exact) mass is 330 g/mol. The van der Waals surface area contributed by atoms with E-state index in [2.05, 4.69) is 0 Å². The second-order valence-corrected chi connectivity index (χ2v) is 5.77. The zero-order valence-electron chi connectivity index (χ0n) is 14.0. The van der Waals surface area contributed by atoms with E-state index in [0.717, 1.165) is 12.8 Å². The van der Waals surface area contributed by atoms with E-state index in [0.29, 0.717) is 31.0 Å². The number of ether oxygens (including phenoxy) is 2. The van der Waals surface area contributed by atoms with E-state index in [1.165, 1.54) is 0 Å². The lowest BCUT2D eigenvalue weighted by molar-refractivity contribution is -0.152. The van der Waals surface area contributed by atoms with Crippen molar-refractivity contribution in [2.75, 3.05) is 19.7 Å². The number of hydrogen-bond acceptors (Lipinski definition) is 5. The van der Waals surface area contributed by atoms with Crippen LogP contribution in [0.1, 0.15) is 32.3 Å². The molecule has 0 aliphatic carbocycles. The van der Waals surface area contributed by atoms with Crippen LogP contribution in [0.5, 0.6) is 5.75 Å². The van der Waals surface area contributed by atoms with Crippen molar-refractivity contribution in [3.63, 3.8) is 0 Å². The van der Waals surface area contributed by atoms with Crippen molar-refractivity contribution in [2.45, 2.75) is 32.8 Å². The Kier molecular flexibility index (Phi) is 6.19. The van der Waals surface area contributed by atoms with E-state index in [1.807, 2.05) is 6.07 Å². The average Bonchev–Trinajstić information content (AvgIpc) is 2.62. The molecule has 1 aliphatic rings. The number of likely N-dealkylation sites (tertiary alicyclic amines) is 1. The van der Waals surface area contributed by atoms with Crippen molar-refractivity contribution >= 4 is 11.9 Å². The van der Waals surface area contributed by atoms with Crippen LogP contribution in [0.15, 0.2) is 24.3 Å². The second-order valence-electron chi connectivity index (χ2n) is 5.77. The predicted octanol–water partition coefficient (Wildman–Crippen LogP) is 2.13. The molecule has 6 heteroatoms. The number of benzene rings is 1. The number of carbonyl (C=O) groups excluding carboxylic acids is 2. The molecular formula is C18H22N2O4. The normalized spacial score (nSPS) is 18.4. The highest BCUT2D eigenvalue weighted by molar-refractivity contribution is 5.82. The summed E-state index contributed by atoms with van der Waals surface area (Å²) in [5.41, 5.74) is 0.537. The summed E-state index contributed by atoms with van der Waals surface area (Å²) in [5, 5.41) is 8.79. The molecule has 6 nitrogen and oxygen atoms in total. The van der Waals surface area contributed by atoms with E-state index in [1.54, 1.807) is 43.0 Å². The topological polar surface area (TPSA) is 79.6 Å². The van der Waals surface area contributed by atoms with E-state index in [4.69, 9.17) is 14.7 Å². The molecule has 0 saturated carbocycles. The molecule has 1 amide bonds. The Morgan fingerprint density at radius 1 is 1.38 bits per heavy atom. The summed E-state index contributed by atoms with van der Waals surface area (Å²) in [5.74, 6) is -0.109. The summed E-state index contributed by atoms with van der Waals surface area (Å²) in [6.45, 7) is 4.81. The lowest BCUT2D eigenvalue weighted by Gasteiger charge is -2.33. The van der Waals surface area contributed by atoms with Crippen molar-refractivity contribution in [1.29, 1.82) is 5.26 Å². The largest absolute Gasteiger partial charge is 0.481 e. The van der Waals surface area contributed by atoms with Crippen molar-refractivity contribution in [3.05, 3.63) is 29.8 Å². The summed E-state index contributed by atoms with van der Waals surface area (Å²) in [7, 11) is 0. The second kappa shape index (κ2) is 8.34. The van der Waals surface area contributed by atoms with Crippen molar-refractivity contribution in [3.8, 4) is 11.8 Å². The molecule has 0 aromatic heterocycles. The molecule has 0 unspecified atom stereocenters. The van der Waals surface area contributed by atoms with Gasteiger partial charge in [0.05, 0.1) is 24.2 Å². The van der Waals surface area contributed by atoms with Crippen LogP contribution < -0.4 is 4.74 Å². The third-order valence-electron chi connectivity index (χ3n) is 4.00. The Morgan fingerprint density at radius 3 is 2.71 bits per heavy atom. The minimum absolute atomic E-state index is 0.145.